The van der Waals surface area contributed by atoms with Crippen LogP contribution in [0.4, 0.5) is 0 Å². The largest absolute Gasteiger partial charge is 0.312 e. The lowest BCUT2D eigenvalue weighted by molar-refractivity contribution is 0.249. The first-order valence-corrected chi connectivity index (χ1v) is 8.45. The minimum absolute atomic E-state index is 0.266. The minimum atomic E-state index is 0.266. The third-order valence-electron chi connectivity index (χ3n) is 3.69. The first-order valence-electron chi connectivity index (χ1n) is 7.57. The van der Waals surface area contributed by atoms with Crippen LogP contribution in [-0.2, 0) is 13.0 Å². The Bertz CT molecular complexity index is 378. The minimum Gasteiger partial charge on any atom is -0.312 e. The predicted octanol–water partition coefficient (Wildman–Crippen LogP) is 3.66. The molecular formula is C16H28N2S. The van der Waals surface area contributed by atoms with Crippen molar-refractivity contribution < 1.29 is 0 Å². The zero-order chi connectivity index (χ0) is 13.7. The molecule has 0 amide bonds. The molecule has 108 valence electrons. The Morgan fingerprint density at radius 2 is 2.11 bits per heavy atom. The molecule has 0 radical (unpaired) electrons. The van der Waals surface area contributed by atoms with Crippen LogP contribution in [0.1, 0.15) is 50.5 Å². The lowest BCUT2D eigenvalue weighted by atomic mass is 10.1. The van der Waals surface area contributed by atoms with Gasteiger partial charge in [-0.3, -0.25) is 4.90 Å². The Morgan fingerprint density at radius 3 is 2.89 bits per heavy atom. The van der Waals surface area contributed by atoms with Gasteiger partial charge in [-0.1, -0.05) is 6.42 Å². The van der Waals surface area contributed by atoms with Gasteiger partial charge < -0.3 is 5.32 Å². The summed E-state index contributed by atoms with van der Waals surface area (Å²) in [5.74, 6) is 0. The molecule has 1 aliphatic rings. The molecule has 1 aliphatic heterocycles. The normalized spacial score (nSPS) is 16.6. The maximum Gasteiger partial charge on any atom is 0.0244 e. The van der Waals surface area contributed by atoms with Crippen LogP contribution in [0.15, 0.2) is 11.4 Å². The topological polar surface area (TPSA) is 15.3 Å². The van der Waals surface area contributed by atoms with E-state index >= 15 is 0 Å². The summed E-state index contributed by atoms with van der Waals surface area (Å²) in [7, 11) is 0. The van der Waals surface area contributed by atoms with E-state index < -0.39 is 0 Å². The number of unbranched alkanes of at least 4 members (excludes halogenated alkanes) is 2. The van der Waals surface area contributed by atoms with E-state index in [4.69, 9.17) is 0 Å². The molecule has 0 aliphatic carbocycles. The molecule has 0 saturated carbocycles. The summed E-state index contributed by atoms with van der Waals surface area (Å²) in [5.41, 5.74) is 1.84. The van der Waals surface area contributed by atoms with Gasteiger partial charge in [-0.25, -0.2) is 0 Å². The van der Waals surface area contributed by atoms with Crippen molar-refractivity contribution in [2.75, 3.05) is 19.6 Å². The Labute approximate surface area is 122 Å². The van der Waals surface area contributed by atoms with Crippen LogP contribution < -0.4 is 5.32 Å². The molecule has 0 unspecified atom stereocenters. The van der Waals surface area contributed by atoms with Crippen LogP contribution in [0, 0.1) is 0 Å². The molecule has 2 nitrogen and oxygen atoms in total. The van der Waals surface area contributed by atoms with Gasteiger partial charge in [-0.05, 0) is 70.1 Å². The Hall–Kier alpha value is -0.380. The van der Waals surface area contributed by atoms with Crippen molar-refractivity contribution in [3.05, 3.63) is 21.9 Å². The number of fused-ring (bicyclic) bond motifs is 1. The standard InChI is InChI=1S/C16H28N2S/c1-16(2,3)17-9-5-4-6-10-18-11-7-15-14(13-18)8-12-19-15/h8,12,17H,4-7,9-11,13H2,1-3H3. The summed E-state index contributed by atoms with van der Waals surface area (Å²) in [4.78, 5) is 4.23. The third kappa shape index (κ3) is 5.25. The van der Waals surface area contributed by atoms with Gasteiger partial charge in [0.05, 0.1) is 0 Å². The molecule has 2 heterocycles. The van der Waals surface area contributed by atoms with Gasteiger partial charge in [0.25, 0.3) is 0 Å². The second kappa shape index (κ2) is 6.87. The summed E-state index contributed by atoms with van der Waals surface area (Å²) < 4.78 is 0. The zero-order valence-corrected chi connectivity index (χ0v) is 13.5. The van der Waals surface area contributed by atoms with Crippen LogP contribution in [0.5, 0.6) is 0 Å². The third-order valence-corrected chi connectivity index (χ3v) is 4.72. The fraction of sp³-hybridized carbons (Fsp3) is 0.750. The van der Waals surface area contributed by atoms with E-state index in [2.05, 4.69) is 42.4 Å². The highest BCUT2D eigenvalue weighted by atomic mass is 32.1. The predicted molar refractivity (Wildman–Crippen MR) is 84.9 cm³/mol. The molecule has 1 N–H and O–H groups in total. The van der Waals surface area contributed by atoms with E-state index in [0.29, 0.717) is 0 Å². The average molecular weight is 280 g/mol. The molecule has 1 aromatic rings. The van der Waals surface area contributed by atoms with Crippen LogP contribution in [0.3, 0.4) is 0 Å². The van der Waals surface area contributed by atoms with Gasteiger partial charge in [0.15, 0.2) is 0 Å². The van der Waals surface area contributed by atoms with Gasteiger partial charge in [0.1, 0.15) is 0 Å². The van der Waals surface area contributed by atoms with E-state index in [1.54, 1.807) is 10.4 Å². The monoisotopic (exact) mass is 280 g/mol. The summed E-state index contributed by atoms with van der Waals surface area (Å²) >= 11 is 1.93. The fourth-order valence-corrected chi connectivity index (χ4v) is 3.49. The van der Waals surface area contributed by atoms with Crippen molar-refractivity contribution in [3.63, 3.8) is 0 Å². The Kier molecular flexibility index (Phi) is 5.43. The van der Waals surface area contributed by atoms with Crippen molar-refractivity contribution in [2.24, 2.45) is 0 Å². The molecule has 0 spiro atoms. The van der Waals surface area contributed by atoms with Gasteiger partial charge in [0, 0.05) is 23.5 Å². The van der Waals surface area contributed by atoms with E-state index in [-0.39, 0.29) is 5.54 Å². The lowest BCUT2D eigenvalue weighted by Gasteiger charge is -2.26. The SMILES string of the molecule is CC(C)(C)NCCCCCN1CCc2sccc2C1. The smallest absolute Gasteiger partial charge is 0.0244 e. The van der Waals surface area contributed by atoms with Crippen LogP contribution >= 0.6 is 11.3 Å². The van der Waals surface area contributed by atoms with Gasteiger partial charge >= 0.3 is 0 Å². The number of thiophene rings is 1. The molecule has 0 saturated heterocycles. The highest BCUT2D eigenvalue weighted by Gasteiger charge is 2.16. The summed E-state index contributed by atoms with van der Waals surface area (Å²) in [6, 6.07) is 2.30. The molecule has 19 heavy (non-hydrogen) atoms. The van der Waals surface area contributed by atoms with Gasteiger partial charge in [-0.15, -0.1) is 11.3 Å². The Morgan fingerprint density at radius 1 is 1.26 bits per heavy atom. The maximum atomic E-state index is 3.56. The van der Waals surface area contributed by atoms with Crippen molar-refractivity contribution in [1.29, 1.82) is 0 Å². The maximum absolute atomic E-state index is 3.56. The lowest BCUT2D eigenvalue weighted by Crippen LogP contribution is -2.36. The molecule has 0 atom stereocenters. The molecule has 1 aromatic heterocycles. The second-order valence-corrected chi connectivity index (χ2v) is 7.63. The number of hydrogen-bond acceptors (Lipinski definition) is 3. The van der Waals surface area contributed by atoms with Gasteiger partial charge in [-0.2, -0.15) is 0 Å². The van der Waals surface area contributed by atoms with E-state index in [1.165, 1.54) is 45.3 Å². The molecule has 3 heteroatoms. The summed E-state index contributed by atoms with van der Waals surface area (Å²) in [6.45, 7) is 11.6. The van der Waals surface area contributed by atoms with Crippen molar-refractivity contribution in [1.82, 2.24) is 10.2 Å². The molecule has 0 bridgehead atoms. The molecular weight excluding hydrogens is 252 g/mol. The molecule has 2 rings (SSSR count). The van der Waals surface area contributed by atoms with Crippen LogP contribution in [-0.4, -0.2) is 30.1 Å². The van der Waals surface area contributed by atoms with Crippen molar-refractivity contribution in [2.45, 2.75) is 58.5 Å². The fourth-order valence-electron chi connectivity index (χ4n) is 2.60. The van der Waals surface area contributed by atoms with Crippen LogP contribution in [0.25, 0.3) is 0 Å². The average Bonchev–Trinajstić information content (AvgIpc) is 2.79. The zero-order valence-electron chi connectivity index (χ0n) is 12.7. The van der Waals surface area contributed by atoms with Crippen molar-refractivity contribution in [3.8, 4) is 0 Å². The number of hydrogen-bond donors (Lipinski definition) is 1. The molecule has 0 aromatic carbocycles. The van der Waals surface area contributed by atoms with E-state index in [0.717, 1.165) is 6.54 Å². The first-order chi connectivity index (χ1) is 9.04. The Balaban J connectivity index is 1.55. The number of nitrogens with zero attached hydrogens (tertiary/aromatic N) is 1. The van der Waals surface area contributed by atoms with Gasteiger partial charge in [0.2, 0.25) is 0 Å². The number of nitrogens with one attached hydrogen (secondary N) is 1. The van der Waals surface area contributed by atoms with E-state index in [1.807, 2.05) is 11.3 Å². The molecule has 0 fully saturated rings. The van der Waals surface area contributed by atoms with Crippen molar-refractivity contribution >= 4 is 11.3 Å². The second-order valence-electron chi connectivity index (χ2n) is 6.63. The first kappa shape index (κ1) is 15.0. The quantitative estimate of drug-likeness (QED) is 0.800. The summed E-state index contributed by atoms with van der Waals surface area (Å²) in [5, 5.41) is 5.80. The highest BCUT2D eigenvalue weighted by Crippen LogP contribution is 2.24. The van der Waals surface area contributed by atoms with Crippen LogP contribution in [0.2, 0.25) is 0 Å². The highest BCUT2D eigenvalue weighted by molar-refractivity contribution is 7.10. The summed E-state index contributed by atoms with van der Waals surface area (Å²) in [6.07, 6.45) is 5.24. The number of rotatable bonds is 6. The van der Waals surface area contributed by atoms with E-state index in [9.17, 15) is 0 Å².